The van der Waals surface area contributed by atoms with Crippen molar-refractivity contribution < 1.29 is 32.6 Å². The molecule has 32 heavy (non-hydrogen) atoms. The van der Waals surface area contributed by atoms with E-state index in [2.05, 4.69) is 5.32 Å². The third-order valence-corrected chi connectivity index (χ3v) is 5.52. The Hall–Kier alpha value is -3.31. The lowest BCUT2D eigenvalue weighted by molar-refractivity contribution is -0.148. The van der Waals surface area contributed by atoms with Crippen molar-refractivity contribution in [3.8, 4) is 5.75 Å². The van der Waals surface area contributed by atoms with Crippen LogP contribution < -0.4 is 10.1 Å². The van der Waals surface area contributed by atoms with Crippen molar-refractivity contribution in [2.45, 2.75) is 0 Å². The molecule has 11 heteroatoms. The lowest BCUT2D eigenvalue weighted by Crippen LogP contribution is -2.35. The van der Waals surface area contributed by atoms with Crippen LogP contribution in [0.1, 0.15) is 5.56 Å². The van der Waals surface area contributed by atoms with Gasteiger partial charge in [-0.1, -0.05) is 36.1 Å². The lowest BCUT2D eigenvalue weighted by atomic mass is 10.2. The first-order chi connectivity index (χ1) is 15.3. The molecule has 0 atom stereocenters. The smallest absolute Gasteiger partial charge is 0.326 e. The van der Waals surface area contributed by atoms with E-state index in [1.54, 1.807) is 37.5 Å². The standard InChI is InChI=1S/C21H16F2N2O5S2/c1-29-14-5-2-12(3-6-14)8-17-20(28)25(21(31)32-17)10-19(27)30-11-18(26)24-16-7-4-13(22)9-15(16)23/h2-9H,10-11H2,1H3,(H,24,26). The zero-order valence-corrected chi connectivity index (χ0v) is 18.2. The van der Waals surface area contributed by atoms with E-state index in [4.69, 9.17) is 21.7 Å². The Kier molecular flexibility index (Phi) is 7.54. The Balaban J connectivity index is 1.54. The van der Waals surface area contributed by atoms with E-state index in [1.807, 2.05) is 0 Å². The van der Waals surface area contributed by atoms with Crippen LogP contribution in [0.4, 0.5) is 14.5 Å². The molecule has 0 aliphatic carbocycles. The monoisotopic (exact) mass is 478 g/mol. The lowest BCUT2D eigenvalue weighted by Gasteiger charge is -2.13. The minimum Gasteiger partial charge on any atom is -0.497 e. The van der Waals surface area contributed by atoms with Crippen molar-refractivity contribution in [2.75, 3.05) is 25.6 Å². The predicted molar refractivity (Wildman–Crippen MR) is 119 cm³/mol. The number of halogens is 2. The minimum atomic E-state index is -0.967. The van der Waals surface area contributed by atoms with E-state index < -0.39 is 42.6 Å². The van der Waals surface area contributed by atoms with Crippen LogP contribution in [0.3, 0.4) is 0 Å². The molecule has 1 fully saturated rings. The van der Waals surface area contributed by atoms with Gasteiger partial charge in [-0.3, -0.25) is 19.3 Å². The number of anilines is 1. The molecule has 1 heterocycles. The molecule has 0 aromatic heterocycles. The van der Waals surface area contributed by atoms with Crippen molar-refractivity contribution in [3.63, 3.8) is 0 Å². The van der Waals surface area contributed by atoms with Gasteiger partial charge in [0.25, 0.3) is 11.8 Å². The van der Waals surface area contributed by atoms with Gasteiger partial charge in [0.05, 0.1) is 17.7 Å². The number of rotatable bonds is 7. The average Bonchev–Trinajstić information content (AvgIpc) is 3.02. The van der Waals surface area contributed by atoms with Crippen molar-refractivity contribution in [1.82, 2.24) is 4.90 Å². The van der Waals surface area contributed by atoms with Gasteiger partial charge in [-0.2, -0.15) is 0 Å². The maximum Gasteiger partial charge on any atom is 0.326 e. The van der Waals surface area contributed by atoms with E-state index in [0.717, 1.165) is 34.4 Å². The van der Waals surface area contributed by atoms with Gasteiger partial charge in [0.1, 0.15) is 28.2 Å². The summed E-state index contributed by atoms with van der Waals surface area (Å²) in [5.74, 6) is -3.26. The number of esters is 1. The van der Waals surface area contributed by atoms with Gasteiger partial charge in [0, 0.05) is 6.07 Å². The van der Waals surface area contributed by atoms with E-state index in [1.165, 1.54) is 0 Å². The summed E-state index contributed by atoms with van der Waals surface area (Å²) in [6, 6.07) is 9.64. The number of carbonyl (C=O) groups is 3. The second-order valence-corrected chi connectivity index (χ2v) is 8.05. The highest BCUT2D eigenvalue weighted by molar-refractivity contribution is 8.26. The number of hydrogen-bond acceptors (Lipinski definition) is 7. The first-order valence-electron chi connectivity index (χ1n) is 9.07. The molecule has 3 rings (SSSR count). The molecule has 2 aromatic rings. The van der Waals surface area contributed by atoms with Gasteiger partial charge in [-0.15, -0.1) is 0 Å². The molecule has 0 saturated carbocycles. The summed E-state index contributed by atoms with van der Waals surface area (Å²) in [6.45, 7) is -1.20. The molecule has 0 radical (unpaired) electrons. The van der Waals surface area contributed by atoms with Crippen molar-refractivity contribution in [2.24, 2.45) is 0 Å². The number of nitrogens with one attached hydrogen (secondary N) is 1. The molecular weight excluding hydrogens is 462 g/mol. The number of thiocarbonyl (C=S) groups is 1. The first kappa shape index (κ1) is 23.4. The molecule has 7 nitrogen and oxygen atoms in total. The van der Waals surface area contributed by atoms with Crippen LogP contribution in [0, 0.1) is 11.6 Å². The second kappa shape index (κ2) is 10.3. The summed E-state index contributed by atoms with van der Waals surface area (Å²) in [6.07, 6.45) is 1.63. The summed E-state index contributed by atoms with van der Waals surface area (Å²) in [7, 11) is 1.55. The van der Waals surface area contributed by atoms with E-state index in [9.17, 15) is 23.2 Å². The quantitative estimate of drug-likeness (QED) is 0.371. The highest BCUT2D eigenvalue weighted by Gasteiger charge is 2.33. The minimum absolute atomic E-state index is 0.171. The number of ether oxygens (including phenoxy) is 2. The Labute approximate surface area is 191 Å². The van der Waals surface area contributed by atoms with Gasteiger partial charge in [0.2, 0.25) is 0 Å². The molecule has 0 unspecified atom stereocenters. The van der Waals surface area contributed by atoms with Gasteiger partial charge in [-0.25, -0.2) is 8.78 Å². The fourth-order valence-electron chi connectivity index (χ4n) is 2.59. The molecule has 2 aromatic carbocycles. The van der Waals surface area contributed by atoms with Gasteiger partial charge >= 0.3 is 5.97 Å². The van der Waals surface area contributed by atoms with Crippen LogP contribution in [0.5, 0.6) is 5.75 Å². The van der Waals surface area contributed by atoms with E-state index in [0.29, 0.717) is 16.7 Å². The SMILES string of the molecule is COc1ccc(C=C2SC(=S)N(CC(=O)OCC(=O)Nc3ccc(F)cc3F)C2=O)cc1. The molecule has 1 aliphatic rings. The molecular formula is C21H16F2N2O5S2. The molecule has 0 bridgehead atoms. The van der Waals surface area contributed by atoms with Crippen LogP contribution >= 0.6 is 24.0 Å². The van der Waals surface area contributed by atoms with Gasteiger partial charge in [0.15, 0.2) is 6.61 Å². The van der Waals surface area contributed by atoms with Crippen LogP contribution in [-0.4, -0.2) is 47.3 Å². The zero-order chi connectivity index (χ0) is 23.3. The Morgan fingerprint density at radius 2 is 1.91 bits per heavy atom. The third kappa shape index (κ3) is 5.89. The number of nitrogens with zero attached hydrogens (tertiary/aromatic N) is 1. The highest BCUT2D eigenvalue weighted by atomic mass is 32.2. The largest absolute Gasteiger partial charge is 0.497 e. The van der Waals surface area contributed by atoms with Crippen molar-refractivity contribution >= 4 is 57.8 Å². The van der Waals surface area contributed by atoms with Gasteiger partial charge in [-0.05, 0) is 35.9 Å². The first-order valence-corrected chi connectivity index (χ1v) is 10.3. The third-order valence-electron chi connectivity index (χ3n) is 4.14. The molecule has 2 amide bonds. The number of methoxy groups -OCH3 is 1. The van der Waals surface area contributed by atoms with Crippen LogP contribution in [0.25, 0.3) is 6.08 Å². The molecule has 166 valence electrons. The number of amides is 2. The fourth-order valence-corrected chi connectivity index (χ4v) is 3.84. The van der Waals surface area contributed by atoms with Crippen molar-refractivity contribution in [3.05, 3.63) is 64.6 Å². The summed E-state index contributed by atoms with van der Waals surface area (Å²) in [4.78, 5) is 37.9. The predicted octanol–water partition coefficient (Wildman–Crippen LogP) is 3.36. The highest BCUT2D eigenvalue weighted by Crippen LogP contribution is 2.32. The van der Waals surface area contributed by atoms with E-state index >= 15 is 0 Å². The van der Waals surface area contributed by atoms with Crippen LogP contribution in [0.15, 0.2) is 47.4 Å². The maximum atomic E-state index is 13.6. The Morgan fingerprint density at radius 3 is 2.56 bits per heavy atom. The second-order valence-electron chi connectivity index (χ2n) is 6.37. The number of benzene rings is 2. The maximum absolute atomic E-state index is 13.6. The van der Waals surface area contributed by atoms with Crippen molar-refractivity contribution in [1.29, 1.82) is 0 Å². The number of thioether (sulfide) groups is 1. The summed E-state index contributed by atoms with van der Waals surface area (Å²) in [5.41, 5.74) is 0.492. The number of carbonyl (C=O) groups excluding carboxylic acids is 3. The van der Waals surface area contributed by atoms with Crippen LogP contribution in [0.2, 0.25) is 0 Å². The Morgan fingerprint density at radius 1 is 1.19 bits per heavy atom. The fraction of sp³-hybridized carbons (Fsp3) is 0.143. The topological polar surface area (TPSA) is 84.9 Å². The summed E-state index contributed by atoms with van der Waals surface area (Å²) in [5, 5.41) is 2.16. The summed E-state index contributed by atoms with van der Waals surface area (Å²) >= 11 is 6.20. The normalized spacial score (nSPS) is 14.6. The molecule has 1 N–H and O–H groups in total. The van der Waals surface area contributed by atoms with E-state index in [-0.39, 0.29) is 10.0 Å². The molecule has 1 aliphatic heterocycles. The molecule has 0 spiro atoms. The Bertz CT molecular complexity index is 1110. The average molecular weight is 478 g/mol. The number of hydrogen-bond donors (Lipinski definition) is 1. The zero-order valence-electron chi connectivity index (χ0n) is 16.6. The van der Waals surface area contributed by atoms with Gasteiger partial charge < -0.3 is 14.8 Å². The summed E-state index contributed by atoms with van der Waals surface area (Å²) < 4.78 is 36.6. The van der Waals surface area contributed by atoms with Crippen LogP contribution in [-0.2, 0) is 19.1 Å². The molecule has 1 saturated heterocycles.